The Morgan fingerprint density at radius 1 is 1.12 bits per heavy atom. The predicted molar refractivity (Wildman–Crippen MR) is 97.4 cm³/mol. The summed E-state index contributed by atoms with van der Waals surface area (Å²) in [5.41, 5.74) is 0. The summed E-state index contributed by atoms with van der Waals surface area (Å²) in [6.45, 7) is 4.20. The third-order valence-electron chi connectivity index (χ3n) is 3.08. The first kappa shape index (κ1) is 17.3. The van der Waals surface area contributed by atoms with Crippen molar-refractivity contribution >= 4 is 44.6 Å². The van der Waals surface area contributed by atoms with Crippen molar-refractivity contribution in [3.63, 3.8) is 0 Å². The molecule has 0 radical (unpaired) electrons. The number of nitrogens with one attached hydrogen (secondary N) is 2. The number of hydrogen-bond acceptors (Lipinski definition) is 7. The van der Waals surface area contributed by atoms with Crippen molar-refractivity contribution in [1.29, 1.82) is 0 Å². The lowest BCUT2D eigenvalue weighted by molar-refractivity contribution is 0.0995. The third-order valence-corrected chi connectivity index (χ3v) is 4.94. The molecule has 7 nitrogen and oxygen atoms in total. The number of rotatable bonds is 6. The molecule has 3 aromatic heterocycles. The Morgan fingerprint density at radius 3 is 2.68 bits per heavy atom. The Labute approximate surface area is 152 Å². The van der Waals surface area contributed by atoms with Gasteiger partial charge in [-0.15, -0.1) is 21.5 Å². The van der Waals surface area contributed by atoms with Crippen LogP contribution < -0.4 is 10.6 Å². The van der Waals surface area contributed by atoms with E-state index in [1.54, 1.807) is 24.3 Å². The number of thiophene rings is 1. The van der Waals surface area contributed by atoms with Gasteiger partial charge in [-0.1, -0.05) is 25.2 Å². The molecule has 2 amide bonds. The topological polar surface area (TPSA) is 97.1 Å². The van der Waals surface area contributed by atoms with Crippen LogP contribution in [0, 0.1) is 5.92 Å². The maximum atomic E-state index is 12.3. The molecule has 25 heavy (non-hydrogen) atoms. The molecule has 0 aliphatic carbocycles. The van der Waals surface area contributed by atoms with E-state index in [1.165, 1.54) is 28.9 Å². The second kappa shape index (κ2) is 7.58. The molecule has 0 saturated carbocycles. The average molecular weight is 376 g/mol. The van der Waals surface area contributed by atoms with Gasteiger partial charge in [0.15, 0.2) is 5.76 Å². The van der Waals surface area contributed by atoms with Gasteiger partial charge in [0.25, 0.3) is 11.8 Å². The summed E-state index contributed by atoms with van der Waals surface area (Å²) in [4.78, 5) is 24.7. The summed E-state index contributed by atoms with van der Waals surface area (Å²) in [6.07, 6.45) is 2.26. The van der Waals surface area contributed by atoms with E-state index in [1.807, 2.05) is 0 Å². The first-order valence-corrected chi connectivity index (χ1v) is 9.23. The zero-order chi connectivity index (χ0) is 17.8. The molecule has 0 bridgehead atoms. The molecule has 0 unspecified atom stereocenters. The summed E-state index contributed by atoms with van der Waals surface area (Å²) in [7, 11) is 0. The van der Waals surface area contributed by atoms with Crippen molar-refractivity contribution in [2.75, 3.05) is 10.6 Å². The van der Waals surface area contributed by atoms with Crippen LogP contribution in [0.2, 0.25) is 0 Å². The molecule has 2 N–H and O–H groups in total. The van der Waals surface area contributed by atoms with Crippen LogP contribution in [0.15, 0.2) is 34.9 Å². The molecule has 3 rings (SSSR count). The highest BCUT2D eigenvalue weighted by molar-refractivity contribution is 7.18. The quantitative estimate of drug-likeness (QED) is 0.680. The van der Waals surface area contributed by atoms with E-state index in [0.717, 1.165) is 11.4 Å². The van der Waals surface area contributed by atoms with Crippen LogP contribution in [0.3, 0.4) is 0 Å². The monoisotopic (exact) mass is 376 g/mol. The van der Waals surface area contributed by atoms with Crippen LogP contribution in [0.25, 0.3) is 0 Å². The van der Waals surface area contributed by atoms with Gasteiger partial charge in [0.05, 0.1) is 16.1 Å². The molecule has 0 fully saturated rings. The van der Waals surface area contributed by atoms with Crippen LogP contribution in [0.1, 0.15) is 39.1 Å². The van der Waals surface area contributed by atoms with Crippen molar-refractivity contribution in [1.82, 2.24) is 10.2 Å². The van der Waals surface area contributed by atoms with Gasteiger partial charge in [-0.25, -0.2) is 0 Å². The molecule has 0 atom stereocenters. The minimum absolute atomic E-state index is 0.214. The van der Waals surface area contributed by atoms with Crippen molar-refractivity contribution in [3.8, 4) is 0 Å². The largest absolute Gasteiger partial charge is 0.459 e. The minimum atomic E-state index is -0.360. The Hall–Kier alpha value is -2.52. The summed E-state index contributed by atoms with van der Waals surface area (Å²) in [6, 6.07) is 6.52. The molecule has 0 aromatic carbocycles. The Bertz CT molecular complexity index is 868. The van der Waals surface area contributed by atoms with E-state index in [0.29, 0.717) is 20.9 Å². The number of carbonyl (C=O) groups is 2. The van der Waals surface area contributed by atoms with Crippen molar-refractivity contribution in [2.24, 2.45) is 5.92 Å². The minimum Gasteiger partial charge on any atom is -0.459 e. The predicted octanol–water partition coefficient (Wildman–Crippen LogP) is 3.90. The van der Waals surface area contributed by atoms with Crippen molar-refractivity contribution < 1.29 is 14.0 Å². The number of aromatic nitrogens is 2. The SMILES string of the molecule is CC(C)Cc1nnc(NC(=O)c2ccc(NC(=O)c3ccco3)s2)s1. The van der Waals surface area contributed by atoms with E-state index in [4.69, 9.17) is 4.42 Å². The van der Waals surface area contributed by atoms with E-state index < -0.39 is 0 Å². The second-order valence-corrected chi connectivity index (χ2v) is 7.79. The molecule has 0 saturated heterocycles. The number of carbonyl (C=O) groups excluding carboxylic acids is 2. The van der Waals surface area contributed by atoms with Crippen molar-refractivity contribution in [2.45, 2.75) is 20.3 Å². The normalized spacial score (nSPS) is 10.8. The van der Waals surface area contributed by atoms with E-state index in [9.17, 15) is 9.59 Å². The number of nitrogens with zero attached hydrogens (tertiary/aromatic N) is 2. The van der Waals surface area contributed by atoms with Gasteiger partial charge in [0, 0.05) is 6.42 Å². The van der Waals surface area contributed by atoms with Crippen LogP contribution in [-0.4, -0.2) is 22.0 Å². The zero-order valence-electron chi connectivity index (χ0n) is 13.6. The Kier molecular flexibility index (Phi) is 5.25. The first-order chi connectivity index (χ1) is 12.0. The summed E-state index contributed by atoms with van der Waals surface area (Å²) in [5, 5.41) is 15.4. The lowest BCUT2D eigenvalue weighted by Crippen LogP contribution is -2.10. The highest BCUT2D eigenvalue weighted by atomic mass is 32.1. The second-order valence-electron chi connectivity index (χ2n) is 5.65. The fourth-order valence-electron chi connectivity index (χ4n) is 2.00. The Morgan fingerprint density at radius 2 is 1.96 bits per heavy atom. The highest BCUT2D eigenvalue weighted by Gasteiger charge is 2.15. The molecule has 0 aliphatic heterocycles. The third kappa shape index (κ3) is 4.52. The van der Waals surface area contributed by atoms with Crippen LogP contribution >= 0.6 is 22.7 Å². The molecular formula is C16H16N4O3S2. The summed E-state index contributed by atoms with van der Waals surface area (Å²) >= 11 is 2.54. The first-order valence-electron chi connectivity index (χ1n) is 7.59. The van der Waals surface area contributed by atoms with E-state index >= 15 is 0 Å². The van der Waals surface area contributed by atoms with Gasteiger partial charge in [0.2, 0.25) is 5.13 Å². The van der Waals surface area contributed by atoms with Crippen LogP contribution in [0.4, 0.5) is 10.1 Å². The smallest absolute Gasteiger partial charge is 0.291 e. The number of hydrogen-bond donors (Lipinski definition) is 2. The van der Waals surface area contributed by atoms with E-state index in [-0.39, 0.29) is 17.6 Å². The molecule has 3 heterocycles. The van der Waals surface area contributed by atoms with Gasteiger partial charge in [-0.05, 0) is 30.2 Å². The van der Waals surface area contributed by atoms with Crippen LogP contribution in [0.5, 0.6) is 0 Å². The van der Waals surface area contributed by atoms with Gasteiger partial charge >= 0.3 is 0 Å². The maximum absolute atomic E-state index is 12.3. The van der Waals surface area contributed by atoms with E-state index in [2.05, 4.69) is 34.7 Å². The number of amides is 2. The average Bonchev–Trinajstić information content (AvgIpc) is 3.27. The lowest BCUT2D eigenvalue weighted by atomic mass is 10.1. The summed E-state index contributed by atoms with van der Waals surface area (Å²) in [5.74, 6) is 0.0528. The molecule has 0 aliphatic rings. The molecule has 3 aromatic rings. The van der Waals surface area contributed by atoms with Crippen LogP contribution in [-0.2, 0) is 6.42 Å². The molecule has 0 spiro atoms. The van der Waals surface area contributed by atoms with Gasteiger partial charge in [-0.2, -0.15) is 0 Å². The number of anilines is 2. The van der Waals surface area contributed by atoms with Gasteiger partial charge in [-0.3, -0.25) is 14.9 Å². The fourth-order valence-corrected chi connectivity index (χ4v) is 3.75. The maximum Gasteiger partial charge on any atom is 0.291 e. The summed E-state index contributed by atoms with van der Waals surface area (Å²) < 4.78 is 5.03. The lowest BCUT2D eigenvalue weighted by Gasteiger charge is -1.99. The van der Waals surface area contributed by atoms with Gasteiger partial charge < -0.3 is 9.73 Å². The zero-order valence-corrected chi connectivity index (χ0v) is 15.2. The molecular weight excluding hydrogens is 360 g/mol. The van der Waals surface area contributed by atoms with Crippen molar-refractivity contribution in [3.05, 3.63) is 46.2 Å². The molecule has 9 heteroatoms. The van der Waals surface area contributed by atoms with Gasteiger partial charge in [0.1, 0.15) is 5.01 Å². The standard InChI is InChI=1S/C16H16N4O3S2/c1-9(2)8-13-19-20-16(25-13)18-15(22)11-5-6-12(24-11)17-14(21)10-4-3-7-23-10/h3-7,9H,8H2,1-2H3,(H,17,21)(H,18,20,22). The number of furan rings is 1. The molecule has 130 valence electrons. The fraction of sp³-hybridized carbons (Fsp3) is 0.250. The highest BCUT2D eigenvalue weighted by Crippen LogP contribution is 2.25. The Balaban J connectivity index is 1.60.